The second kappa shape index (κ2) is 2.24. The largest absolute Gasteiger partial charge is 0.357 e. The fourth-order valence-electron chi connectivity index (χ4n) is 2.36. The van der Waals surface area contributed by atoms with Gasteiger partial charge in [-0.25, -0.2) is 0 Å². The number of hydrogen-bond acceptors (Lipinski definition) is 1. The molecule has 2 aliphatic heterocycles. The quantitative estimate of drug-likeness (QED) is 0.546. The highest BCUT2D eigenvalue weighted by Gasteiger charge is 2.40. The van der Waals surface area contributed by atoms with Crippen LogP contribution in [0.3, 0.4) is 0 Å². The highest BCUT2D eigenvalue weighted by Crippen LogP contribution is 2.53. The van der Waals surface area contributed by atoms with Crippen LogP contribution in [0.1, 0.15) is 37.2 Å². The van der Waals surface area contributed by atoms with E-state index in [-0.39, 0.29) is 12.2 Å². The maximum atomic E-state index is 5.89. The van der Waals surface area contributed by atoms with Crippen LogP contribution in [-0.4, -0.2) is 0 Å². The van der Waals surface area contributed by atoms with Crippen LogP contribution in [0.5, 0.6) is 0 Å². The van der Waals surface area contributed by atoms with E-state index < -0.39 is 0 Å². The van der Waals surface area contributed by atoms with E-state index in [9.17, 15) is 0 Å². The molecule has 2 atom stereocenters. The third kappa shape index (κ3) is 0.755. The number of fused-ring (bicyclic) bond motifs is 5. The zero-order valence-electron chi connectivity index (χ0n) is 7.87. The lowest BCUT2D eigenvalue weighted by molar-refractivity contribution is 0.0793. The average Bonchev–Trinajstić information content (AvgIpc) is 2.66. The van der Waals surface area contributed by atoms with Gasteiger partial charge in [0.1, 0.15) is 12.2 Å². The molecule has 0 radical (unpaired) electrons. The Morgan fingerprint density at radius 1 is 0.923 bits per heavy atom. The van der Waals surface area contributed by atoms with Gasteiger partial charge < -0.3 is 4.74 Å². The molecule has 3 rings (SSSR count). The lowest BCUT2D eigenvalue weighted by Crippen LogP contribution is -2.00. The molecular formula is C12H12O. The van der Waals surface area contributed by atoms with E-state index >= 15 is 0 Å². The maximum Gasteiger partial charge on any atom is 0.105 e. The van der Waals surface area contributed by atoms with Gasteiger partial charge in [-0.2, -0.15) is 0 Å². The second-order valence-corrected chi connectivity index (χ2v) is 3.89. The van der Waals surface area contributed by atoms with Gasteiger partial charge in [-0.05, 0) is 36.1 Å². The van der Waals surface area contributed by atoms with Gasteiger partial charge in [0, 0.05) is 0 Å². The summed E-state index contributed by atoms with van der Waals surface area (Å²) in [5, 5.41) is 0. The summed E-state index contributed by atoms with van der Waals surface area (Å²) in [5.41, 5.74) is 5.55. The number of ether oxygens (including phenoxy) is 1. The van der Waals surface area contributed by atoms with Crippen molar-refractivity contribution in [2.24, 2.45) is 0 Å². The van der Waals surface area contributed by atoms with Gasteiger partial charge in [-0.15, -0.1) is 0 Å². The van der Waals surface area contributed by atoms with Crippen LogP contribution >= 0.6 is 0 Å². The van der Waals surface area contributed by atoms with Crippen LogP contribution in [0.4, 0.5) is 0 Å². The van der Waals surface area contributed by atoms with Gasteiger partial charge in [0.25, 0.3) is 0 Å². The minimum absolute atomic E-state index is 0.251. The molecule has 0 amide bonds. The molecule has 0 spiro atoms. The molecule has 1 aromatic carbocycles. The third-order valence-corrected chi connectivity index (χ3v) is 3.24. The van der Waals surface area contributed by atoms with Crippen molar-refractivity contribution in [3.63, 3.8) is 0 Å². The van der Waals surface area contributed by atoms with Gasteiger partial charge in [0.15, 0.2) is 0 Å². The molecule has 0 saturated carbocycles. The second-order valence-electron chi connectivity index (χ2n) is 3.89. The summed E-state index contributed by atoms with van der Waals surface area (Å²) < 4.78 is 5.89. The zero-order valence-corrected chi connectivity index (χ0v) is 7.87. The molecule has 1 aromatic rings. The zero-order chi connectivity index (χ0) is 9.00. The highest BCUT2D eigenvalue weighted by molar-refractivity contribution is 5.48. The predicted octanol–water partition coefficient (Wildman–Crippen LogP) is 3.15. The first-order chi connectivity index (χ1) is 6.29. The van der Waals surface area contributed by atoms with E-state index in [1.54, 1.807) is 0 Å². The van der Waals surface area contributed by atoms with Gasteiger partial charge in [-0.3, -0.25) is 0 Å². The molecular weight excluding hydrogens is 160 g/mol. The lowest BCUT2D eigenvalue weighted by atomic mass is 9.88. The Kier molecular flexibility index (Phi) is 1.26. The van der Waals surface area contributed by atoms with Crippen LogP contribution in [0.2, 0.25) is 0 Å². The Morgan fingerprint density at radius 2 is 1.38 bits per heavy atom. The van der Waals surface area contributed by atoms with Gasteiger partial charge in [0.05, 0.1) is 0 Å². The van der Waals surface area contributed by atoms with Crippen LogP contribution in [0.25, 0.3) is 0 Å². The summed E-state index contributed by atoms with van der Waals surface area (Å²) in [6.45, 7) is 4.35. The maximum absolute atomic E-state index is 5.89. The first-order valence-corrected chi connectivity index (χ1v) is 4.70. The Balaban J connectivity index is 2.24. The molecule has 0 aromatic heterocycles. The normalized spacial score (nSPS) is 29.7. The minimum atomic E-state index is 0.251. The number of hydrogen-bond donors (Lipinski definition) is 0. The van der Waals surface area contributed by atoms with Gasteiger partial charge >= 0.3 is 0 Å². The minimum Gasteiger partial charge on any atom is -0.357 e. The Hall–Kier alpha value is -1.08. The molecule has 0 saturated heterocycles. The third-order valence-electron chi connectivity index (χ3n) is 3.24. The Morgan fingerprint density at radius 3 is 1.85 bits per heavy atom. The fraction of sp³-hybridized carbons (Fsp3) is 0.333. The SMILES string of the molecule is CC1=C(C)C2OC1c1ccccc12. The van der Waals surface area contributed by atoms with E-state index in [1.807, 2.05) is 0 Å². The van der Waals surface area contributed by atoms with Crippen molar-refractivity contribution in [3.05, 3.63) is 46.5 Å². The van der Waals surface area contributed by atoms with E-state index in [1.165, 1.54) is 22.3 Å². The molecule has 66 valence electrons. The Bertz CT molecular complexity index is 366. The standard InChI is InChI=1S/C12H12O/c1-7-8(2)12-10-6-4-3-5-9(10)11(7)13-12/h3-6,11-12H,1-2H3. The predicted molar refractivity (Wildman–Crippen MR) is 51.4 cm³/mol. The number of benzene rings is 1. The molecule has 2 bridgehead atoms. The van der Waals surface area contributed by atoms with E-state index in [4.69, 9.17) is 4.74 Å². The van der Waals surface area contributed by atoms with Crippen molar-refractivity contribution in [1.82, 2.24) is 0 Å². The molecule has 2 aliphatic rings. The summed E-state index contributed by atoms with van der Waals surface area (Å²) >= 11 is 0. The first kappa shape index (κ1) is 7.34. The summed E-state index contributed by atoms with van der Waals surface area (Å²) in [5.74, 6) is 0. The van der Waals surface area contributed by atoms with Crippen molar-refractivity contribution in [2.75, 3.05) is 0 Å². The van der Waals surface area contributed by atoms with Crippen molar-refractivity contribution in [2.45, 2.75) is 26.1 Å². The van der Waals surface area contributed by atoms with E-state index in [2.05, 4.69) is 38.1 Å². The Labute approximate surface area is 78.0 Å². The van der Waals surface area contributed by atoms with E-state index in [0.29, 0.717) is 0 Å². The summed E-state index contributed by atoms with van der Waals surface area (Å²) in [6.07, 6.45) is 0.502. The molecule has 13 heavy (non-hydrogen) atoms. The molecule has 0 aliphatic carbocycles. The van der Waals surface area contributed by atoms with Crippen LogP contribution in [0, 0.1) is 0 Å². The molecule has 1 nitrogen and oxygen atoms in total. The summed E-state index contributed by atoms with van der Waals surface area (Å²) in [4.78, 5) is 0. The lowest BCUT2D eigenvalue weighted by Gasteiger charge is -2.13. The van der Waals surface area contributed by atoms with Crippen LogP contribution in [0.15, 0.2) is 35.4 Å². The highest BCUT2D eigenvalue weighted by atomic mass is 16.5. The molecule has 2 heterocycles. The number of rotatable bonds is 0. The van der Waals surface area contributed by atoms with Gasteiger partial charge in [0.2, 0.25) is 0 Å². The average molecular weight is 172 g/mol. The van der Waals surface area contributed by atoms with Gasteiger partial charge in [-0.1, -0.05) is 24.3 Å². The monoisotopic (exact) mass is 172 g/mol. The smallest absolute Gasteiger partial charge is 0.105 e. The van der Waals surface area contributed by atoms with Crippen molar-refractivity contribution >= 4 is 0 Å². The summed E-state index contributed by atoms with van der Waals surface area (Å²) in [6, 6.07) is 8.53. The van der Waals surface area contributed by atoms with E-state index in [0.717, 1.165) is 0 Å². The van der Waals surface area contributed by atoms with Crippen LogP contribution < -0.4 is 0 Å². The van der Waals surface area contributed by atoms with Crippen LogP contribution in [-0.2, 0) is 4.74 Å². The summed E-state index contributed by atoms with van der Waals surface area (Å²) in [7, 11) is 0. The topological polar surface area (TPSA) is 9.23 Å². The molecule has 0 N–H and O–H groups in total. The molecule has 1 heteroatoms. The fourth-order valence-corrected chi connectivity index (χ4v) is 2.36. The molecule has 0 fully saturated rings. The first-order valence-electron chi connectivity index (χ1n) is 4.70. The van der Waals surface area contributed by atoms with Crippen molar-refractivity contribution in [1.29, 1.82) is 0 Å². The van der Waals surface area contributed by atoms with Crippen molar-refractivity contribution in [3.8, 4) is 0 Å². The molecule has 2 unspecified atom stereocenters. The van der Waals surface area contributed by atoms with Crippen molar-refractivity contribution < 1.29 is 4.74 Å².